The summed E-state index contributed by atoms with van der Waals surface area (Å²) in [6, 6.07) is 0. The molecule has 4 heavy (non-hydrogen) atoms. The van der Waals surface area contributed by atoms with Crippen molar-refractivity contribution >= 4 is 0 Å². The molecule has 0 aromatic rings. The molecule has 27 valence electrons. The molecular formula is EuGdOSm. The maximum atomic E-state index is 8.28. The Hall–Kier alpha value is 4.05. The average Bonchev–Trinajstić information content (AvgIpc) is 1.00. The van der Waals surface area contributed by atoms with Gasteiger partial charge in [-0.3, -0.25) is 0 Å². The van der Waals surface area contributed by atoms with Crippen molar-refractivity contribution in [3.63, 3.8) is 0 Å². The van der Waals surface area contributed by atoms with Gasteiger partial charge < -0.3 is 0 Å². The van der Waals surface area contributed by atoms with Crippen LogP contribution in [0.2, 0.25) is 0 Å². The Morgan fingerprint density at radius 3 is 1.25 bits per heavy atom. The molecule has 0 heterocycles. The van der Waals surface area contributed by atoms with Crippen LogP contribution < -0.4 is 0 Å². The van der Waals surface area contributed by atoms with Gasteiger partial charge in [0.2, 0.25) is 0 Å². The molecule has 0 atom stereocenters. The Morgan fingerprint density at radius 2 is 1.25 bits per heavy atom. The summed E-state index contributed by atoms with van der Waals surface area (Å²) in [4.78, 5) is 0. The van der Waals surface area contributed by atoms with Crippen molar-refractivity contribution in [1.82, 2.24) is 0 Å². The van der Waals surface area contributed by atoms with E-state index in [0.29, 0.717) is 38.0 Å². The normalized spacial score (nSPS) is 1.25. The van der Waals surface area contributed by atoms with Gasteiger partial charge in [0.05, 0.1) is 0 Å². The number of hydrogen-bond acceptors (Lipinski definition) is 1. The minimum absolute atomic E-state index is 0. The standard InChI is InChI=1S/Eu.Gd.O.Sm. The third-order valence-corrected chi connectivity index (χ3v) is 0. The Labute approximate surface area is 124 Å². The second kappa shape index (κ2) is 15.7. The van der Waals surface area contributed by atoms with Gasteiger partial charge in [-0.15, -0.1) is 0 Å². The Bertz CT molecular complexity index is 8.00. The molecule has 0 saturated heterocycles. The summed E-state index contributed by atoms with van der Waals surface area (Å²) in [6.45, 7) is 0. The van der Waals surface area contributed by atoms with E-state index in [4.69, 9.17) is 1.16 Å². The van der Waals surface area contributed by atoms with Crippen LogP contribution in [0.15, 0.2) is 0 Å². The van der Waals surface area contributed by atoms with E-state index in [1.165, 1.54) is 0 Å². The van der Waals surface area contributed by atoms with Crippen LogP contribution in [0.25, 0.3) is 0 Å². The SMILES string of the molecule is [Eu].[O]=[Gd].[Sm]. The zero-order valence-corrected chi connectivity index (χ0v) is 8.86. The van der Waals surface area contributed by atoms with Gasteiger partial charge in [-0.25, -0.2) is 0 Å². The number of rotatable bonds is 0. The first-order chi connectivity index (χ1) is 1.00. The van der Waals surface area contributed by atoms with Crippen molar-refractivity contribution in [3.8, 4) is 0 Å². The molecule has 0 aromatic carbocycles. The van der Waals surface area contributed by atoms with Crippen molar-refractivity contribution in [2.24, 2.45) is 0 Å². The summed E-state index contributed by atoms with van der Waals surface area (Å²) in [7, 11) is 0. The van der Waals surface area contributed by atoms with E-state index in [1.807, 2.05) is 0 Å². The first-order valence-electron chi connectivity index (χ1n) is 0.144. The predicted octanol–water partition coefficient (Wildman–Crippen LogP) is -0.119. The molecule has 0 rings (SSSR count). The van der Waals surface area contributed by atoms with Crippen LogP contribution in [-0.2, 0) is 1.16 Å². The Morgan fingerprint density at radius 1 is 1.25 bits per heavy atom. The summed E-state index contributed by atoms with van der Waals surface area (Å²) < 4.78 is 8.28. The molecule has 0 aliphatic rings. The van der Waals surface area contributed by atoms with Crippen LogP contribution in [-0.4, -0.2) is 0 Å². The van der Waals surface area contributed by atoms with Crippen molar-refractivity contribution in [2.75, 3.05) is 0 Å². The van der Waals surface area contributed by atoms with E-state index in [9.17, 15) is 0 Å². The maximum Gasteiger partial charge on any atom is 0 e. The van der Waals surface area contributed by atoms with Gasteiger partial charge >= 0.3 is 39.2 Å². The van der Waals surface area contributed by atoms with Gasteiger partial charge in [0.1, 0.15) is 0 Å². The average molecular weight is 476 g/mol. The molecule has 0 saturated carbocycles. The Balaban J connectivity index is -0.00000000500. The fourth-order valence-electron chi connectivity index (χ4n) is 0. The third kappa shape index (κ3) is 9.40. The third-order valence-electron chi connectivity index (χ3n) is 0. The molecule has 0 aromatic heterocycles. The smallest absolute Gasteiger partial charge is 0 e. The van der Waals surface area contributed by atoms with Crippen molar-refractivity contribution in [1.29, 1.82) is 0 Å². The van der Waals surface area contributed by atoms with E-state index in [-0.39, 0.29) is 89.8 Å². The minimum Gasteiger partial charge on any atom is 0 e. The van der Waals surface area contributed by atoms with Crippen molar-refractivity contribution in [2.45, 2.75) is 0 Å². The molecule has 1 radical (unpaired) electrons. The van der Waals surface area contributed by atoms with Crippen LogP contribution in [0.3, 0.4) is 0 Å². The van der Waals surface area contributed by atoms with Gasteiger partial charge in [0, 0.05) is 89.8 Å². The summed E-state index contributed by atoms with van der Waals surface area (Å²) in [5.74, 6) is 0. The first-order valence-corrected chi connectivity index (χ1v) is 1.07. The quantitative estimate of drug-likeness (QED) is 0.478. The van der Waals surface area contributed by atoms with Crippen LogP contribution >= 0.6 is 0 Å². The second-order valence-corrected chi connectivity index (χ2v) is 0. The van der Waals surface area contributed by atoms with E-state index < -0.39 is 0 Å². The van der Waals surface area contributed by atoms with Gasteiger partial charge in [-0.05, 0) is 0 Å². The fourth-order valence-corrected chi connectivity index (χ4v) is 0. The maximum absolute atomic E-state index is 8.28. The topological polar surface area (TPSA) is 17.1 Å². The second-order valence-electron chi connectivity index (χ2n) is 0. The van der Waals surface area contributed by atoms with Crippen molar-refractivity contribution in [3.05, 3.63) is 0 Å². The van der Waals surface area contributed by atoms with E-state index in [2.05, 4.69) is 0 Å². The zero-order chi connectivity index (χ0) is 2.00. The van der Waals surface area contributed by atoms with Gasteiger partial charge in [0.15, 0.2) is 0 Å². The summed E-state index contributed by atoms with van der Waals surface area (Å²) in [5, 5.41) is 0. The van der Waals surface area contributed by atoms with E-state index >= 15 is 0 Å². The van der Waals surface area contributed by atoms with Gasteiger partial charge in [-0.2, -0.15) is 0 Å². The predicted molar refractivity (Wildman–Crippen MR) is 0.686 cm³/mol. The largest absolute Gasteiger partial charge is 0 e. The molecule has 0 aliphatic heterocycles. The number of hydrogen-bond donors (Lipinski definition) is 0. The molecule has 4 heteroatoms. The Kier molecular flexibility index (Phi) is 61.7. The van der Waals surface area contributed by atoms with Crippen molar-refractivity contribution < 1.29 is 129 Å². The van der Waals surface area contributed by atoms with Crippen LogP contribution in [0, 0.1) is 128 Å². The molecule has 0 fully saturated rings. The molecule has 0 bridgehead atoms. The summed E-state index contributed by atoms with van der Waals surface area (Å²) in [6.07, 6.45) is 0. The van der Waals surface area contributed by atoms with Crippen LogP contribution in [0.1, 0.15) is 0 Å². The zero-order valence-electron chi connectivity index (χ0n) is 1.55. The van der Waals surface area contributed by atoms with E-state index in [0.717, 1.165) is 0 Å². The van der Waals surface area contributed by atoms with Crippen LogP contribution in [0.5, 0.6) is 0 Å². The van der Waals surface area contributed by atoms with Crippen LogP contribution in [0.4, 0.5) is 0 Å². The molecule has 0 amide bonds. The molecule has 1 nitrogen and oxygen atoms in total. The minimum atomic E-state index is 0. The molecule has 0 N–H and O–H groups in total. The molecule has 0 aliphatic carbocycles. The first kappa shape index (κ1) is 15.7. The van der Waals surface area contributed by atoms with Gasteiger partial charge in [0.25, 0.3) is 0 Å². The molecule has 0 spiro atoms. The fraction of sp³-hybridized carbons (Fsp3) is 0. The van der Waals surface area contributed by atoms with Gasteiger partial charge in [-0.1, -0.05) is 0 Å². The summed E-state index contributed by atoms with van der Waals surface area (Å²) >= 11 is 0.611. The molecule has 0 unspecified atom stereocenters. The monoisotopic (exact) mass is 479 g/mol. The summed E-state index contributed by atoms with van der Waals surface area (Å²) in [5.41, 5.74) is 0. The molecular weight excluding hydrogens is 476 g/mol. The van der Waals surface area contributed by atoms with E-state index in [1.54, 1.807) is 0 Å².